The molecule has 2 aromatic carbocycles. The molecule has 1 saturated heterocycles. The summed E-state index contributed by atoms with van der Waals surface area (Å²) in [7, 11) is -3.68. The predicted molar refractivity (Wildman–Crippen MR) is 94.6 cm³/mol. The van der Waals surface area contributed by atoms with Gasteiger partial charge in [0.15, 0.2) is 0 Å². The molecule has 1 unspecified atom stereocenters. The Balaban J connectivity index is 0.00000208. The molecule has 0 aromatic heterocycles. The average molecular weight is 391 g/mol. The van der Waals surface area contributed by atoms with Crippen molar-refractivity contribution in [3.05, 3.63) is 64.9 Å². The highest BCUT2D eigenvalue weighted by atomic mass is 35.5. The zero-order valence-electron chi connectivity index (χ0n) is 12.7. The summed E-state index contributed by atoms with van der Waals surface area (Å²) in [5, 5.41) is 3.64. The second-order valence-corrected chi connectivity index (χ2v) is 7.67. The number of halogens is 3. The summed E-state index contributed by atoms with van der Waals surface area (Å²) in [4.78, 5) is 0.185. The first-order valence-corrected chi connectivity index (χ1v) is 9.04. The van der Waals surface area contributed by atoms with Gasteiger partial charge in [0.2, 0.25) is 10.0 Å². The van der Waals surface area contributed by atoms with Crippen molar-refractivity contribution in [2.75, 3.05) is 19.6 Å². The van der Waals surface area contributed by atoms with Crippen LogP contribution in [0.1, 0.15) is 11.6 Å². The molecule has 24 heavy (non-hydrogen) atoms. The SMILES string of the molecule is Cl.O=S(=O)(c1ccc(Cl)cc1)N1CCNCC1c1cccc(F)c1. The zero-order valence-corrected chi connectivity index (χ0v) is 15.0. The highest BCUT2D eigenvalue weighted by Gasteiger charge is 2.34. The van der Waals surface area contributed by atoms with Crippen LogP contribution >= 0.6 is 24.0 Å². The predicted octanol–water partition coefficient (Wildman–Crippen LogP) is 3.24. The second kappa shape index (κ2) is 7.80. The number of sulfonamides is 1. The first-order valence-electron chi connectivity index (χ1n) is 7.22. The third kappa shape index (κ3) is 3.90. The second-order valence-electron chi connectivity index (χ2n) is 5.34. The largest absolute Gasteiger partial charge is 0.313 e. The Labute approximate surface area is 152 Å². The summed E-state index contributed by atoms with van der Waals surface area (Å²) in [6, 6.07) is 11.7. The van der Waals surface area contributed by atoms with Gasteiger partial charge in [-0.1, -0.05) is 23.7 Å². The Morgan fingerprint density at radius 2 is 1.88 bits per heavy atom. The monoisotopic (exact) mass is 390 g/mol. The number of benzene rings is 2. The van der Waals surface area contributed by atoms with Gasteiger partial charge in [0, 0.05) is 24.7 Å². The lowest BCUT2D eigenvalue weighted by atomic mass is 10.1. The molecule has 1 heterocycles. The van der Waals surface area contributed by atoms with Gasteiger partial charge < -0.3 is 5.32 Å². The van der Waals surface area contributed by atoms with E-state index in [4.69, 9.17) is 11.6 Å². The van der Waals surface area contributed by atoms with Crippen molar-refractivity contribution in [2.24, 2.45) is 0 Å². The van der Waals surface area contributed by atoms with E-state index in [-0.39, 0.29) is 23.1 Å². The molecule has 3 rings (SSSR count). The van der Waals surface area contributed by atoms with E-state index in [0.717, 1.165) is 0 Å². The van der Waals surface area contributed by atoms with Crippen molar-refractivity contribution >= 4 is 34.0 Å². The van der Waals surface area contributed by atoms with E-state index >= 15 is 0 Å². The van der Waals surface area contributed by atoms with Crippen LogP contribution in [0.3, 0.4) is 0 Å². The van der Waals surface area contributed by atoms with Gasteiger partial charge >= 0.3 is 0 Å². The molecule has 0 aliphatic carbocycles. The van der Waals surface area contributed by atoms with Gasteiger partial charge in [0.1, 0.15) is 5.82 Å². The number of piperazine rings is 1. The molecule has 8 heteroatoms. The molecular weight excluding hydrogens is 374 g/mol. The number of nitrogens with zero attached hydrogens (tertiary/aromatic N) is 1. The van der Waals surface area contributed by atoms with Crippen molar-refractivity contribution in [3.63, 3.8) is 0 Å². The van der Waals surface area contributed by atoms with Gasteiger partial charge in [-0.15, -0.1) is 12.4 Å². The van der Waals surface area contributed by atoms with Crippen LogP contribution in [0.5, 0.6) is 0 Å². The molecule has 1 atom stereocenters. The Morgan fingerprint density at radius 3 is 2.54 bits per heavy atom. The smallest absolute Gasteiger partial charge is 0.243 e. The summed E-state index contributed by atoms with van der Waals surface area (Å²) in [5.74, 6) is -0.378. The third-order valence-electron chi connectivity index (χ3n) is 3.85. The Kier molecular flexibility index (Phi) is 6.22. The fraction of sp³-hybridized carbons (Fsp3) is 0.250. The number of nitrogens with one attached hydrogen (secondary N) is 1. The molecular formula is C16H17Cl2FN2O2S. The summed E-state index contributed by atoms with van der Waals surface area (Å²) in [6.45, 7) is 1.32. The van der Waals surface area contributed by atoms with Crippen LogP contribution in [-0.2, 0) is 10.0 Å². The maximum atomic E-state index is 13.5. The molecule has 1 N–H and O–H groups in total. The fourth-order valence-corrected chi connectivity index (χ4v) is 4.45. The fourth-order valence-electron chi connectivity index (χ4n) is 2.71. The molecule has 1 aliphatic rings. The Hall–Kier alpha value is -1.18. The molecule has 1 fully saturated rings. The Morgan fingerprint density at radius 1 is 1.17 bits per heavy atom. The molecule has 1 aliphatic heterocycles. The minimum atomic E-state index is -3.68. The lowest BCUT2D eigenvalue weighted by Gasteiger charge is -2.35. The normalized spacial score (nSPS) is 18.8. The van der Waals surface area contributed by atoms with E-state index in [1.807, 2.05) is 0 Å². The summed E-state index contributed by atoms with van der Waals surface area (Å²) >= 11 is 5.83. The van der Waals surface area contributed by atoms with Crippen LogP contribution in [0.15, 0.2) is 53.4 Å². The number of hydrogen-bond acceptors (Lipinski definition) is 3. The quantitative estimate of drug-likeness (QED) is 0.874. The lowest BCUT2D eigenvalue weighted by molar-refractivity contribution is 0.271. The van der Waals surface area contributed by atoms with Gasteiger partial charge in [-0.2, -0.15) is 4.31 Å². The number of hydrogen-bond donors (Lipinski definition) is 1. The molecule has 130 valence electrons. The van der Waals surface area contributed by atoms with E-state index in [2.05, 4.69) is 5.32 Å². The molecule has 0 saturated carbocycles. The van der Waals surface area contributed by atoms with E-state index in [9.17, 15) is 12.8 Å². The van der Waals surface area contributed by atoms with Gasteiger partial charge in [0.25, 0.3) is 0 Å². The summed E-state index contributed by atoms with van der Waals surface area (Å²) < 4.78 is 40.8. The Bertz CT molecular complexity index is 800. The van der Waals surface area contributed by atoms with Crippen molar-refractivity contribution in [1.29, 1.82) is 0 Å². The van der Waals surface area contributed by atoms with E-state index < -0.39 is 16.1 Å². The molecule has 0 spiro atoms. The lowest BCUT2D eigenvalue weighted by Crippen LogP contribution is -2.48. The van der Waals surface area contributed by atoms with Crippen LogP contribution in [0, 0.1) is 5.82 Å². The zero-order chi connectivity index (χ0) is 16.4. The van der Waals surface area contributed by atoms with Crippen LogP contribution in [0.2, 0.25) is 5.02 Å². The highest BCUT2D eigenvalue weighted by Crippen LogP contribution is 2.29. The van der Waals surface area contributed by atoms with E-state index in [1.54, 1.807) is 24.3 Å². The average Bonchev–Trinajstić information content (AvgIpc) is 2.55. The molecule has 0 radical (unpaired) electrons. The van der Waals surface area contributed by atoms with Gasteiger partial charge in [-0.3, -0.25) is 0 Å². The first-order chi connectivity index (χ1) is 11.0. The van der Waals surface area contributed by atoms with Gasteiger partial charge in [-0.05, 0) is 42.0 Å². The van der Waals surface area contributed by atoms with Gasteiger partial charge in [-0.25, -0.2) is 12.8 Å². The number of rotatable bonds is 3. The molecule has 2 aromatic rings. The van der Waals surface area contributed by atoms with Gasteiger partial charge in [0.05, 0.1) is 10.9 Å². The van der Waals surface area contributed by atoms with E-state index in [0.29, 0.717) is 30.2 Å². The van der Waals surface area contributed by atoms with Crippen molar-refractivity contribution < 1.29 is 12.8 Å². The maximum absolute atomic E-state index is 13.5. The van der Waals surface area contributed by atoms with Crippen LogP contribution in [-0.4, -0.2) is 32.4 Å². The summed E-state index contributed by atoms with van der Waals surface area (Å²) in [6.07, 6.45) is 0. The van der Waals surface area contributed by atoms with Crippen LogP contribution in [0.25, 0.3) is 0 Å². The van der Waals surface area contributed by atoms with Crippen LogP contribution < -0.4 is 5.32 Å². The molecule has 0 amide bonds. The summed E-state index contributed by atoms with van der Waals surface area (Å²) in [5.41, 5.74) is 0.634. The molecule has 4 nitrogen and oxygen atoms in total. The molecule has 0 bridgehead atoms. The van der Waals surface area contributed by atoms with Crippen LogP contribution in [0.4, 0.5) is 4.39 Å². The highest BCUT2D eigenvalue weighted by molar-refractivity contribution is 7.89. The minimum Gasteiger partial charge on any atom is -0.313 e. The maximum Gasteiger partial charge on any atom is 0.243 e. The van der Waals surface area contributed by atoms with Crippen molar-refractivity contribution in [1.82, 2.24) is 9.62 Å². The van der Waals surface area contributed by atoms with Crippen molar-refractivity contribution in [3.8, 4) is 0 Å². The van der Waals surface area contributed by atoms with Crippen molar-refractivity contribution in [2.45, 2.75) is 10.9 Å². The first kappa shape index (κ1) is 19.1. The standard InChI is InChI=1S/C16H16ClFN2O2S.ClH/c17-13-4-6-15(7-5-13)23(21,22)20-9-8-19-11-16(20)12-2-1-3-14(18)10-12;/h1-7,10,16,19H,8-9,11H2;1H. The van der Waals surface area contributed by atoms with E-state index in [1.165, 1.54) is 28.6 Å². The third-order valence-corrected chi connectivity index (χ3v) is 6.02. The minimum absolute atomic E-state index is 0. The topological polar surface area (TPSA) is 49.4 Å².